The van der Waals surface area contributed by atoms with Gasteiger partial charge in [0.15, 0.2) is 5.82 Å². The molecule has 0 aliphatic rings. The Morgan fingerprint density at radius 3 is 2.84 bits per heavy atom. The zero-order chi connectivity index (χ0) is 13.4. The quantitative estimate of drug-likeness (QED) is 0.737. The maximum atomic E-state index is 6.06. The fraction of sp³-hybridized carbons (Fsp3) is 0.0714. The largest absolute Gasteiger partial charge is 0.382 e. The number of thiophene rings is 1. The van der Waals surface area contributed by atoms with Crippen molar-refractivity contribution in [2.24, 2.45) is 0 Å². The first-order valence-corrected chi connectivity index (χ1v) is 7.07. The Bertz CT molecular complexity index is 716. The molecule has 3 rings (SSSR count). The molecule has 2 aromatic heterocycles. The monoisotopic (exact) mass is 289 g/mol. The first-order valence-electron chi connectivity index (χ1n) is 5.81. The Kier molecular flexibility index (Phi) is 3.05. The molecule has 3 nitrogen and oxygen atoms in total. The molecule has 3 N–H and O–H groups in total. The molecule has 0 unspecified atom stereocenters. The van der Waals surface area contributed by atoms with Crippen molar-refractivity contribution in [3.05, 3.63) is 46.3 Å². The predicted molar refractivity (Wildman–Crippen MR) is 81.5 cm³/mol. The Morgan fingerprint density at radius 1 is 1.32 bits per heavy atom. The van der Waals surface area contributed by atoms with E-state index in [1.807, 2.05) is 42.6 Å². The average molecular weight is 290 g/mol. The topological polar surface area (TPSA) is 54.7 Å². The van der Waals surface area contributed by atoms with Crippen molar-refractivity contribution in [1.29, 1.82) is 0 Å². The van der Waals surface area contributed by atoms with Crippen molar-refractivity contribution >= 4 is 28.8 Å². The van der Waals surface area contributed by atoms with Gasteiger partial charge in [-0.1, -0.05) is 23.7 Å². The number of nitrogens with one attached hydrogen (secondary N) is 1. The molecule has 5 heteroatoms. The second-order valence-corrected chi connectivity index (χ2v) is 5.66. The summed E-state index contributed by atoms with van der Waals surface area (Å²) in [6.07, 6.45) is 0. The van der Waals surface area contributed by atoms with Crippen molar-refractivity contribution in [2.45, 2.75) is 6.92 Å². The van der Waals surface area contributed by atoms with E-state index in [9.17, 15) is 0 Å². The molecule has 0 saturated carbocycles. The molecule has 19 heavy (non-hydrogen) atoms. The number of hydrogen-bond donors (Lipinski definition) is 2. The molecule has 0 amide bonds. The minimum absolute atomic E-state index is 0.519. The highest BCUT2D eigenvalue weighted by molar-refractivity contribution is 7.13. The number of halogens is 1. The van der Waals surface area contributed by atoms with Crippen molar-refractivity contribution in [2.75, 3.05) is 5.73 Å². The van der Waals surface area contributed by atoms with Gasteiger partial charge in [0.05, 0.1) is 11.3 Å². The Labute approximate surface area is 120 Å². The first-order chi connectivity index (χ1) is 9.16. The van der Waals surface area contributed by atoms with E-state index < -0.39 is 0 Å². The predicted octanol–water partition coefficient (Wildman–Crippen LogP) is 4.35. The van der Waals surface area contributed by atoms with Gasteiger partial charge < -0.3 is 5.73 Å². The summed E-state index contributed by atoms with van der Waals surface area (Å²) in [6, 6.07) is 9.94. The summed E-state index contributed by atoms with van der Waals surface area (Å²) in [7, 11) is 0. The van der Waals surface area contributed by atoms with Gasteiger partial charge in [0.25, 0.3) is 0 Å². The number of aryl methyl sites for hydroxylation is 1. The zero-order valence-corrected chi connectivity index (χ0v) is 11.8. The fourth-order valence-corrected chi connectivity index (χ4v) is 2.94. The van der Waals surface area contributed by atoms with Crippen molar-refractivity contribution in [3.63, 3.8) is 0 Å². The summed E-state index contributed by atoms with van der Waals surface area (Å²) in [5, 5.41) is 9.93. The first kappa shape index (κ1) is 12.3. The molecule has 0 fully saturated rings. The van der Waals surface area contributed by atoms with Crippen LogP contribution >= 0.6 is 22.9 Å². The maximum Gasteiger partial charge on any atom is 0.154 e. The number of rotatable bonds is 2. The van der Waals surface area contributed by atoms with Crippen LogP contribution in [0.5, 0.6) is 0 Å². The second-order valence-electron chi connectivity index (χ2n) is 4.30. The minimum Gasteiger partial charge on any atom is -0.382 e. The van der Waals surface area contributed by atoms with Gasteiger partial charge in [-0.05, 0) is 36.1 Å². The summed E-state index contributed by atoms with van der Waals surface area (Å²) in [6.45, 7) is 1.98. The van der Waals surface area contributed by atoms with Crippen LogP contribution in [0, 0.1) is 6.92 Å². The fourth-order valence-electron chi connectivity index (χ4n) is 2.04. The summed E-state index contributed by atoms with van der Waals surface area (Å²) in [4.78, 5) is 1.11. The highest BCUT2D eigenvalue weighted by Gasteiger charge is 2.15. The molecule has 2 heterocycles. The van der Waals surface area contributed by atoms with E-state index >= 15 is 0 Å². The van der Waals surface area contributed by atoms with E-state index in [1.165, 1.54) is 0 Å². The number of benzene rings is 1. The number of nitrogen functional groups attached to an aromatic ring is 1. The lowest BCUT2D eigenvalue weighted by atomic mass is 10.0. The van der Waals surface area contributed by atoms with Gasteiger partial charge in [0.2, 0.25) is 0 Å². The molecular formula is C14H12ClN3S. The third-order valence-corrected chi connectivity index (χ3v) is 4.32. The molecule has 0 saturated heterocycles. The number of nitrogens with zero attached hydrogens (tertiary/aromatic N) is 1. The molecule has 0 bridgehead atoms. The number of aromatic nitrogens is 2. The number of H-pyrrole nitrogens is 1. The van der Waals surface area contributed by atoms with Gasteiger partial charge >= 0.3 is 0 Å². The lowest BCUT2D eigenvalue weighted by Crippen LogP contribution is -1.87. The van der Waals surface area contributed by atoms with Crippen LogP contribution in [-0.2, 0) is 0 Å². The van der Waals surface area contributed by atoms with Crippen LogP contribution in [0.4, 0.5) is 5.82 Å². The van der Waals surface area contributed by atoms with Crippen molar-refractivity contribution in [1.82, 2.24) is 10.2 Å². The van der Waals surface area contributed by atoms with Gasteiger partial charge in [-0.2, -0.15) is 5.10 Å². The standard InChI is InChI=1S/C14H12ClN3S/c1-8-7-9(4-5-10(8)15)13-12(14(16)18-17-13)11-3-2-6-19-11/h2-7H,1H3,(H3,16,17,18). The smallest absolute Gasteiger partial charge is 0.154 e. The van der Waals surface area contributed by atoms with Crippen LogP contribution in [0.2, 0.25) is 5.02 Å². The number of anilines is 1. The summed E-state index contributed by atoms with van der Waals surface area (Å²) >= 11 is 7.71. The summed E-state index contributed by atoms with van der Waals surface area (Å²) < 4.78 is 0. The molecular weight excluding hydrogens is 278 g/mol. The minimum atomic E-state index is 0.519. The number of hydrogen-bond acceptors (Lipinski definition) is 3. The van der Waals surface area contributed by atoms with Crippen LogP contribution in [-0.4, -0.2) is 10.2 Å². The Morgan fingerprint density at radius 2 is 2.16 bits per heavy atom. The van der Waals surface area contributed by atoms with E-state index in [-0.39, 0.29) is 0 Å². The Balaban J connectivity index is 2.18. The van der Waals surface area contributed by atoms with Crippen molar-refractivity contribution in [3.8, 4) is 21.7 Å². The highest BCUT2D eigenvalue weighted by atomic mass is 35.5. The van der Waals surface area contributed by atoms with E-state index in [0.717, 1.165) is 32.3 Å². The molecule has 0 atom stereocenters. The van der Waals surface area contributed by atoms with Gasteiger partial charge in [-0.3, -0.25) is 5.10 Å². The molecule has 0 radical (unpaired) electrons. The molecule has 0 aliphatic carbocycles. The van der Waals surface area contributed by atoms with E-state index in [1.54, 1.807) is 11.3 Å². The average Bonchev–Trinajstić information content (AvgIpc) is 3.01. The molecule has 1 aromatic carbocycles. The Hall–Kier alpha value is -1.78. The van der Waals surface area contributed by atoms with Crippen LogP contribution in [0.25, 0.3) is 21.7 Å². The molecule has 0 spiro atoms. The number of nitrogens with two attached hydrogens (primary N) is 1. The van der Waals surface area contributed by atoms with Crippen LogP contribution in [0.3, 0.4) is 0 Å². The van der Waals surface area contributed by atoms with Crippen LogP contribution in [0.1, 0.15) is 5.56 Å². The van der Waals surface area contributed by atoms with Gasteiger partial charge in [0, 0.05) is 15.5 Å². The van der Waals surface area contributed by atoms with E-state index in [0.29, 0.717) is 5.82 Å². The second kappa shape index (κ2) is 4.72. The lowest BCUT2D eigenvalue weighted by Gasteiger charge is -2.05. The van der Waals surface area contributed by atoms with Crippen LogP contribution in [0.15, 0.2) is 35.7 Å². The maximum absolute atomic E-state index is 6.06. The molecule has 0 aliphatic heterocycles. The number of aromatic amines is 1. The SMILES string of the molecule is Cc1cc(-c2[nH]nc(N)c2-c2cccs2)ccc1Cl. The third kappa shape index (κ3) is 2.13. The van der Waals surface area contributed by atoms with E-state index in [2.05, 4.69) is 10.2 Å². The summed E-state index contributed by atoms with van der Waals surface area (Å²) in [5.41, 5.74) is 9.93. The van der Waals surface area contributed by atoms with E-state index in [4.69, 9.17) is 17.3 Å². The molecule has 3 aromatic rings. The third-order valence-electron chi connectivity index (χ3n) is 3.01. The molecule has 96 valence electrons. The normalized spacial score (nSPS) is 10.8. The zero-order valence-electron chi connectivity index (χ0n) is 10.3. The van der Waals surface area contributed by atoms with Gasteiger partial charge in [0.1, 0.15) is 0 Å². The van der Waals surface area contributed by atoms with Crippen LogP contribution < -0.4 is 5.73 Å². The van der Waals surface area contributed by atoms with Gasteiger partial charge in [-0.15, -0.1) is 11.3 Å². The highest BCUT2D eigenvalue weighted by Crippen LogP contribution is 2.37. The lowest BCUT2D eigenvalue weighted by molar-refractivity contribution is 1.10. The summed E-state index contributed by atoms with van der Waals surface area (Å²) in [5.74, 6) is 0.519. The van der Waals surface area contributed by atoms with Crippen molar-refractivity contribution < 1.29 is 0 Å². The van der Waals surface area contributed by atoms with Gasteiger partial charge in [-0.25, -0.2) is 0 Å².